The molecule has 3 aliphatic heterocycles. The molecule has 4 aromatic rings. The van der Waals surface area contributed by atoms with Gasteiger partial charge in [-0.05, 0) is 75.2 Å². The van der Waals surface area contributed by atoms with Crippen molar-refractivity contribution < 1.29 is 19.7 Å². The smallest absolute Gasteiger partial charge is 0.236 e. The van der Waals surface area contributed by atoms with E-state index in [0.29, 0.717) is 42.2 Å². The molecule has 44 heavy (non-hydrogen) atoms. The van der Waals surface area contributed by atoms with Gasteiger partial charge in [0.15, 0.2) is 5.65 Å². The maximum atomic E-state index is 12.8. The number of likely N-dealkylation sites (tertiary alicyclic amines) is 2. The lowest BCUT2D eigenvalue weighted by atomic mass is 10.1. The van der Waals surface area contributed by atoms with Crippen LogP contribution in [0.3, 0.4) is 0 Å². The first kappa shape index (κ1) is 29.9. The van der Waals surface area contributed by atoms with Crippen molar-refractivity contribution in [3.05, 3.63) is 60.9 Å². The van der Waals surface area contributed by atoms with Crippen molar-refractivity contribution in [3.63, 3.8) is 0 Å². The number of aliphatic hydroxyl groups excluding tert-OH is 2. The summed E-state index contributed by atoms with van der Waals surface area (Å²) in [5.41, 5.74) is 8.52. The predicted octanol–water partition coefficient (Wildman–Crippen LogP) is 2.44. The van der Waals surface area contributed by atoms with Crippen LogP contribution in [0.2, 0.25) is 0 Å². The van der Waals surface area contributed by atoms with E-state index in [4.69, 9.17) is 20.7 Å². The molecule has 0 spiro atoms. The van der Waals surface area contributed by atoms with Gasteiger partial charge in [0.05, 0.1) is 30.2 Å². The van der Waals surface area contributed by atoms with Crippen molar-refractivity contribution in [3.8, 4) is 22.8 Å². The molecule has 0 unspecified atom stereocenters. The zero-order valence-electron chi connectivity index (χ0n) is 24.8. The van der Waals surface area contributed by atoms with E-state index in [1.54, 1.807) is 0 Å². The van der Waals surface area contributed by atoms with Crippen LogP contribution in [-0.2, 0) is 4.79 Å². The number of anilines is 1. The minimum Gasteiger partial charge on any atom is -0.457 e. The molecule has 2 aromatic heterocycles. The molecule has 0 saturated carbocycles. The maximum Gasteiger partial charge on any atom is 0.236 e. The van der Waals surface area contributed by atoms with Crippen LogP contribution in [0.25, 0.3) is 22.3 Å². The highest BCUT2D eigenvalue weighted by molar-refractivity contribution is 5.98. The van der Waals surface area contributed by atoms with Gasteiger partial charge in [-0.25, -0.2) is 14.6 Å². The molecule has 3 aliphatic rings. The molecule has 2 aromatic carbocycles. The number of rotatable bonds is 6. The Morgan fingerprint density at radius 1 is 0.909 bits per heavy atom. The fourth-order valence-corrected chi connectivity index (χ4v) is 5.75. The first-order valence-corrected chi connectivity index (χ1v) is 15.3. The van der Waals surface area contributed by atoms with Crippen molar-refractivity contribution in [2.75, 3.05) is 51.5 Å². The zero-order chi connectivity index (χ0) is 30.5. The van der Waals surface area contributed by atoms with E-state index in [1.807, 2.05) is 64.2 Å². The number of aromatic nitrogens is 4. The van der Waals surface area contributed by atoms with Crippen molar-refractivity contribution in [2.24, 2.45) is 0 Å². The van der Waals surface area contributed by atoms with Gasteiger partial charge in [-0.15, -0.1) is 0 Å². The number of amides is 1. The third kappa shape index (κ3) is 6.99. The van der Waals surface area contributed by atoms with Gasteiger partial charge >= 0.3 is 0 Å². The Balaban J connectivity index is 0.000000433. The molecule has 5 N–H and O–H groups in total. The van der Waals surface area contributed by atoms with Crippen LogP contribution in [0.5, 0.6) is 11.5 Å². The van der Waals surface area contributed by atoms with E-state index in [2.05, 4.69) is 20.2 Å². The molecule has 12 nitrogen and oxygen atoms in total. The molecule has 1 amide bonds. The Kier molecular flexibility index (Phi) is 9.31. The summed E-state index contributed by atoms with van der Waals surface area (Å²) < 4.78 is 7.79. The van der Waals surface area contributed by atoms with Gasteiger partial charge in [-0.1, -0.05) is 18.2 Å². The lowest BCUT2D eigenvalue weighted by Gasteiger charge is -2.40. The first-order valence-electron chi connectivity index (χ1n) is 15.3. The van der Waals surface area contributed by atoms with Crippen LogP contribution >= 0.6 is 0 Å². The number of carbonyl (C=O) groups excluding carboxylic acids is 1. The van der Waals surface area contributed by atoms with E-state index in [0.717, 1.165) is 68.9 Å². The molecule has 0 bridgehead atoms. The lowest BCUT2D eigenvalue weighted by Crippen LogP contribution is -2.54. The summed E-state index contributed by atoms with van der Waals surface area (Å²) in [7, 11) is 0. The predicted molar refractivity (Wildman–Crippen MR) is 167 cm³/mol. The average Bonchev–Trinajstić information content (AvgIpc) is 3.40. The lowest BCUT2D eigenvalue weighted by molar-refractivity contribution is -0.138. The summed E-state index contributed by atoms with van der Waals surface area (Å²) in [6, 6.07) is 17.3. The number of hydrogen-bond donors (Lipinski definition) is 4. The Labute approximate surface area is 256 Å². The average molecular weight is 601 g/mol. The Bertz CT molecular complexity index is 1530. The summed E-state index contributed by atoms with van der Waals surface area (Å²) in [6.07, 6.45) is 4.48. The van der Waals surface area contributed by atoms with Crippen LogP contribution < -0.4 is 15.8 Å². The molecular weight excluding hydrogens is 560 g/mol. The normalized spacial score (nSPS) is 18.5. The molecule has 5 heterocycles. The monoisotopic (exact) mass is 600 g/mol. The van der Waals surface area contributed by atoms with E-state index in [9.17, 15) is 9.90 Å². The van der Waals surface area contributed by atoms with Crippen molar-refractivity contribution in [1.82, 2.24) is 34.9 Å². The number of nitrogen functional groups attached to an aromatic ring is 1. The zero-order valence-corrected chi connectivity index (χ0v) is 24.8. The molecule has 3 fully saturated rings. The second-order valence-electron chi connectivity index (χ2n) is 11.6. The molecule has 3 saturated heterocycles. The van der Waals surface area contributed by atoms with Crippen LogP contribution in [-0.4, -0.2) is 104 Å². The summed E-state index contributed by atoms with van der Waals surface area (Å²) in [5.74, 6) is 1.96. The minimum atomic E-state index is -0.246. The fourth-order valence-electron chi connectivity index (χ4n) is 5.75. The topological polar surface area (TPSA) is 155 Å². The van der Waals surface area contributed by atoms with E-state index < -0.39 is 0 Å². The maximum absolute atomic E-state index is 12.8. The van der Waals surface area contributed by atoms with Gasteiger partial charge < -0.3 is 30.9 Å². The Morgan fingerprint density at radius 3 is 2.23 bits per heavy atom. The number of para-hydroxylation sites is 1. The second kappa shape index (κ2) is 13.7. The van der Waals surface area contributed by atoms with Gasteiger partial charge in [-0.3, -0.25) is 9.69 Å². The SMILES string of the molecule is Nc1ncnc2c1c(-c1ccc(Oc3ccccc3)cc1)nn2C1CN(C(=O)CN2CCC(O)CC2)C1.OC1CCNCC1. The minimum absolute atomic E-state index is 0.0124. The number of ether oxygens (including phenoxy) is 1. The Morgan fingerprint density at radius 2 is 1.57 bits per heavy atom. The molecule has 0 aliphatic carbocycles. The molecule has 12 heteroatoms. The Hall–Kier alpha value is -4.10. The summed E-state index contributed by atoms with van der Waals surface area (Å²) in [5, 5.41) is 27.3. The third-order valence-corrected chi connectivity index (χ3v) is 8.41. The molecular formula is C32H40N8O4. The van der Waals surface area contributed by atoms with Crippen LogP contribution in [0, 0.1) is 0 Å². The van der Waals surface area contributed by atoms with Gasteiger partial charge in [0.25, 0.3) is 0 Å². The second-order valence-corrected chi connectivity index (χ2v) is 11.6. The number of nitrogens with one attached hydrogen (secondary N) is 1. The van der Waals surface area contributed by atoms with Gasteiger partial charge in [0.2, 0.25) is 5.91 Å². The number of hydrogen-bond acceptors (Lipinski definition) is 10. The molecule has 232 valence electrons. The van der Waals surface area contributed by atoms with Gasteiger partial charge in [0, 0.05) is 31.7 Å². The van der Waals surface area contributed by atoms with E-state index >= 15 is 0 Å². The number of carbonyl (C=O) groups is 1. The van der Waals surface area contributed by atoms with Crippen LogP contribution in [0.4, 0.5) is 5.82 Å². The van der Waals surface area contributed by atoms with Crippen molar-refractivity contribution in [1.29, 1.82) is 0 Å². The van der Waals surface area contributed by atoms with Crippen LogP contribution in [0.1, 0.15) is 31.7 Å². The van der Waals surface area contributed by atoms with Crippen LogP contribution in [0.15, 0.2) is 60.9 Å². The number of piperidine rings is 2. The molecule has 7 rings (SSSR count). The highest BCUT2D eigenvalue weighted by atomic mass is 16.5. The number of benzene rings is 2. The number of nitrogens with zero attached hydrogens (tertiary/aromatic N) is 6. The first-order chi connectivity index (χ1) is 21.4. The molecule has 0 atom stereocenters. The summed E-state index contributed by atoms with van der Waals surface area (Å²) >= 11 is 0. The fraction of sp³-hybridized carbons (Fsp3) is 0.438. The number of nitrogens with two attached hydrogens (primary N) is 1. The highest BCUT2D eigenvalue weighted by Gasteiger charge is 2.35. The largest absolute Gasteiger partial charge is 0.457 e. The van der Waals surface area contributed by atoms with Crippen molar-refractivity contribution >= 4 is 22.8 Å². The summed E-state index contributed by atoms with van der Waals surface area (Å²) in [6.45, 7) is 5.00. The molecule has 0 radical (unpaired) electrons. The van der Waals surface area contributed by atoms with E-state index in [1.165, 1.54) is 6.33 Å². The van der Waals surface area contributed by atoms with Gasteiger partial charge in [0.1, 0.15) is 29.3 Å². The standard InChI is InChI=1S/C27H29N7O3.C5H11NO/c28-26-24-25(18-6-8-22(9-7-18)37-21-4-2-1-3-5-21)31-34(27(24)30-17-29-26)19-14-33(15-19)23(36)16-32-12-10-20(35)11-13-32;7-5-1-3-6-4-2-5/h1-9,17,19-20,35H,10-16H2,(H2,28,29,30);5-7H,1-4H2. The third-order valence-electron chi connectivity index (χ3n) is 8.41. The number of aliphatic hydroxyl groups is 2. The van der Waals surface area contributed by atoms with Crippen molar-refractivity contribution in [2.45, 2.75) is 43.9 Å². The quantitative estimate of drug-likeness (QED) is 0.259. The summed E-state index contributed by atoms with van der Waals surface area (Å²) in [4.78, 5) is 25.4. The number of fused-ring (bicyclic) bond motifs is 1. The van der Waals surface area contributed by atoms with Gasteiger partial charge in [-0.2, -0.15) is 5.10 Å². The highest BCUT2D eigenvalue weighted by Crippen LogP contribution is 2.35. The van der Waals surface area contributed by atoms with E-state index in [-0.39, 0.29) is 24.2 Å².